The SMILES string of the molecule is Cc1nc2ncc(Cl)cc2n1-c1cccc(Nc2ccc(OC(F)F)c(F)c2)n1. The number of alkyl halides is 2. The summed E-state index contributed by atoms with van der Waals surface area (Å²) in [7, 11) is 0. The Balaban J connectivity index is 1.66. The number of aromatic nitrogens is 4. The van der Waals surface area contributed by atoms with E-state index in [1.165, 1.54) is 12.3 Å². The summed E-state index contributed by atoms with van der Waals surface area (Å²) in [6.07, 6.45) is 1.52. The number of rotatable bonds is 5. The molecule has 0 unspecified atom stereocenters. The normalized spacial score (nSPS) is 11.2. The van der Waals surface area contributed by atoms with Gasteiger partial charge in [-0.25, -0.2) is 19.3 Å². The lowest BCUT2D eigenvalue weighted by molar-refractivity contribution is -0.0521. The second-order valence-corrected chi connectivity index (χ2v) is 6.46. The Morgan fingerprint density at radius 2 is 1.97 bits per heavy atom. The van der Waals surface area contributed by atoms with Crippen molar-refractivity contribution in [1.29, 1.82) is 0 Å². The van der Waals surface area contributed by atoms with E-state index in [9.17, 15) is 13.2 Å². The van der Waals surface area contributed by atoms with Crippen LogP contribution in [0, 0.1) is 12.7 Å². The monoisotopic (exact) mass is 419 g/mol. The van der Waals surface area contributed by atoms with Gasteiger partial charge in [-0.2, -0.15) is 8.78 Å². The Hall–Kier alpha value is -3.33. The van der Waals surface area contributed by atoms with Gasteiger partial charge in [0.2, 0.25) is 0 Å². The van der Waals surface area contributed by atoms with Gasteiger partial charge in [-0.3, -0.25) is 4.57 Å². The van der Waals surface area contributed by atoms with Crippen LogP contribution >= 0.6 is 11.6 Å². The van der Waals surface area contributed by atoms with Gasteiger partial charge in [-0.05, 0) is 37.3 Å². The molecule has 1 aromatic carbocycles. The smallest absolute Gasteiger partial charge is 0.387 e. The lowest BCUT2D eigenvalue weighted by Gasteiger charge is -2.11. The largest absolute Gasteiger partial charge is 0.432 e. The Labute approximate surface area is 167 Å². The van der Waals surface area contributed by atoms with Crippen LogP contribution in [0.25, 0.3) is 17.0 Å². The van der Waals surface area contributed by atoms with Gasteiger partial charge in [0.25, 0.3) is 0 Å². The topological polar surface area (TPSA) is 64.9 Å². The number of benzene rings is 1. The van der Waals surface area contributed by atoms with Crippen molar-refractivity contribution >= 4 is 34.3 Å². The fourth-order valence-electron chi connectivity index (χ4n) is 2.87. The number of aryl methyl sites for hydroxylation is 1. The average Bonchev–Trinajstić information content (AvgIpc) is 2.99. The van der Waals surface area contributed by atoms with E-state index < -0.39 is 18.2 Å². The van der Waals surface area contributed by atoms with E-state index in [-0.39, 0.29) is 0 Å². The summed E-state index contributed by atoms with van der Waals surface area (Å²) in [5.74, 6) is 0.192. The van der Waals surface area contributed by atoms with Crippen molar-refractivity contribution in [2.75, 3.05) is 5.32 Å². The van der Waals surface area contributed by atoms with Crippen molar-refractivity contribution < 1.29 is 17.9 Å². The summed E-state index contributed by atoms with van der Waals surface area (Å²) in [6, 6.07) is 10.5. The zero-order valence-corrected chi connectivity index (χ0v) is 15.7. The first-order valence-corrected chi connectivity index (χ1v) is 8.78. The summed E-state index contributed by atoms with van der Waals surface area (Å²) in [6.45, 7) is -1.29. The molecule has 0 aliphatic carbocycles. The van der Waals surface area contributed by atoms with Crippen LogP contribution in [-0.2, 0) is 0 Å². The first-order valence-electron chi connectivity index (χ1n) is 8.40. The molecule has 0 atom stereocenters. The highest BCUT2D eigenvalue weighted by Gasteiger charge is 2.13. The van der Waals surface area contributed by atoms with Crippen LogP contribution < -0.4 is 10.1 Å². The zero-order valence-electron chi connectivity index (χ0n) is 14.9. The fourth-order valence-corrected chi connectivity index (χ4v) is 3.03. The fraction of sp³-hybridized carbons (Fsp3) is 0.105. The van der Waals surface area contributed by atoms with Crippen molar-refractivity contribution in [3.05, 3.63) is 65.3 Å². The number of nitrogens with one attached hydrogen (secondary N) is 1. The van der Waals surface area contributed by atoms with Crippen molar-refractivity contribution in [3.8, 4) is 11.6 Å². The zero-order chi connectivity index (χ0) is 20.5. The molecule has 0 saturated heterocycles. The lowest BCUT2D eigenvalue weighted by atomic mass is 10.3. The Bertz CT molecular complexity index is 1200. The molecule has 4 aromatic rings. The number of pyridine rings is 2. The lowest BCUT2D eigenvalue weighted by Crippen LogP contribution is -2.05. The van der Waals surface area contributed by atoms with E-state index in [1.807, 2.05) is 6.92 Å². The molecule has 10 heteroatoms. The predicted molar refractivity (Wildman–Crippen MR) is 103 cm³/mol. The predicted octanol–water partition coefficient (Wildman–Crippen LogP) is 5.26. The molecular weight excluding hydrogens is 407 g/mol. The highest BCUT2D eigenvalue weighted by molar-refractivity contribution is 6.31. The molecule has 0 spiro atoms. The third-order valence-corrected chi connectivity index (χ3v) is 4.24. The molecule has 0 bridgehead atoms. The highest BCUT2D eigenvalue weighted by Crippen LogP contribution is 2.26. The molecule has 0 aliphatic heterocycles. The van der Waals surface area contributed by atoms with Gasteiger partial charge in [0.15, 0.2) is 17.2 Å². The number of nitrogens with zero attached hydrogens (tertiary/aromatic N) is 4. The maximum Gasteiger partial charge on any atom is 0.387 e. The van der Waals surface area contributed by atoms with Crippen molar-refractivity contribution in [2.24, 2.45) is 0 Å². The third kappa shape index (κ3) is 3.95. The summed E-state index contributed by atoms with van der Waals surface area (Å²) >= 11 is 6.06. The molecule has 0 saturated carbocycles. The number of fused-ring (bicyclic) bond motifs is 1. The van der Waals surface area contributed by atoms with Crippen LogP contribution in [0.4, 0.5) is 24.7 Å². The van der Waals surface area contributed by atoms with E-state index in [0.29, 0.717) is 39.3 Å². The van der Waals surface area contributed by atoms with Gasteiger partial charge in [0.1, 0.15) is 17.5 Å². The first-order chi connectivity index (χ1) is 13.9. The summed E-state index contributed by atoms with van der Waals surface area (Å²) < 4.78 is 44.3. The Morgan fingerprint density at radius 1 is 1.14 bits per heavy atom. The molecule has 0 aliphatic rings. The van der Waals surface area contributed by atoms with E-state index in [4.69, 9.17) is 11.6 Å². The quantitative estimate of drug-likeness (QED) is 0.478. The number of ether oxygens (including phenoxy) is 1. The number of imidazole rings is 1. The molecule has 0 fully saturated rings. The van der Waals surface area contributed by atoms with Gasteiger partial charge in [-0.15, -0.1) is 0 Å². The summed E-state index contributed by atoms with van der Waals surface area (Å²) in [5.41, 5.74) is 1.55. The summed E-state index contributed by atoms with van der Waals surface area (Å²) in [4.78, 5) is 13.1. The summed E-state index contributed by atoms with van der Waals surface area (Å²) in [5, 5.41) is 3.40. The van der Waals surface area contributed by atoms with Crippen molar-refractivity contribution in [1.82, 2.24) is 19.5 Å². The van der Waals surface area contributed by atoms with E-state index in [0.717, 1.165) is 12.1 Å². The van der Waals surface area contributed by atoms with E-state index in [1.54, 1.807) is 28.8 Å². The molecule has 4 rings (SSSR count). The highest BCUT2D eigenvalue weighted by atomic mass is 35.5. The number of hydrogen-bond acceptors (Lipinski definition) is 5. The average molecular weight is 420 g/mol. The van der Waals surface area contributed by atoms with Crippen LogP contribution in [0.5, 0.6) is 5.75 Å². The van der Waals surface area contributed by atoms with E-state index in [2.05, 4.69) is 25.0 Å². The maximum atomic E-state index is 13.9. The van der Waals surface area contributed by atoms with Crippen molar-refractivity contribution in [2.45, 2.75) is 13.5 Å². The van der Waals surface area contributed by atoms with E-state index >= 15 is 0 Å². The second-order valence-electron chi connectivity index (χ2n) is 6.02. The van der Waals surface area contributed by atoms with Gasteiger partial charge in [0.05, 0.1) is 10.5 Å². The van der Waals surface area contributed by atoms with Crippen LogP contribution in [0.3, 0.4) is 0 Å². The Morgan fingerprint density at radius 3 is 2.72 bits per heavy atom. The minimum Gasteiger partial charge on any atom is -0.432 e. The second kappa shape index (κ2) is 7.59. The van der Waals surface area contributed by atoms with Gasteiger partial charge < -0.3 is 10.1 Å². The molecule has 0 radical (unpaired) electrons. The Kier molecular flexibility index (Phi) is 4.98. The molecule has 0 amide bonds. The van der Waals surface area contributed by atoms with Crippen LogP contribution in [0.1, 0.15) is 5.82 Å². The standard InChI is InChI=1S/C19H13ClF3N5O/c1-10-25-18-14(7-11(20)9-24-18)28(10)17-4-2-3-16(27-17)26-12-5-6-15(13(21)8-12)29-19(22)23/h2-9,19H,1H3,(H,26,27). The number of anilines is 2. The van der Waals surface area contributed by atoms with Crippen LogP contribution in [0.2, 0.25) is 5.02 Å². The minimum absolute atomic E-state index is 0.325. The first kappa shape index (κ1) is 19.0. The van der Waals surface area contributed by atoms with Crippen LogP contribution in [0.15, 0.2) is 48.7 Å². The molecular formula is C19H13ClF3N5O. The molecule has 1 N–H and O–H groups in total. The molecule has 3 heterocycles. The number of halogens is 4. The molecule has 29 heavy (non-hydrogen) atoms. The van der Waals surface area contributed by atoms with Crippen molar-refractivity contribution in [3.63, 3.8) is 0 Å². The van der Waals surface area contributed by atoms with Gasteiger partial charge in [0, 0.05) is 18.0 Å². The van der Waals surface area contributed by atoms with Crippen LogP contribution in [-0.4, -0.2) is 26.1 Å². The maximum absolute atomic E-state index is 13.9. The van der Waals surface area contributed by atoms with Gasteiger partial charge >= 0.3 is 6.61 Å². The third-order valence-electron chi connectivity index (χ3n) is 4.03. The molecule has 3 aromatic heterocycles. The van der Waals surface area contributed by atoms with Gasteiger partial charge in [-0.1, -0.05) is 17.7 Å². The molecule has 148 valence electrons. The number of hydrogen-bond donors (Lipinski definition) is 1. The molecule has 6 nitrogen and oxygen atoms in total. The minimum atomic E-state index is -3.10.